The zero-order valence-electron chi connectivity index (χ0n) is 11.4. The SMILES string of the molecule is CC1CCCC(N)(C(=O)NCCCCC(F)(F)F)C1. The first-order chi connectivity index (χ1) is 8.73. The Morgan fingerprint density at radius 3 is 2.68 bits per heavy atom. The van der Waals surface area contributed by atoms with Crippen LogP contribution in [0.3, 0.4) is 0 Å². The molecule has 0 bridgehead atoms. The van der Waals surface area contributed by atoms with Gasteiger partial charge in [0.05, 0.1) is 5.54 Å². The highest BCUT2D eigenvalue weighted by molar-refractivity contribution is 5.86. The lowest BCUT2D eigenvalue weighted by Gasteiger charge is -2.35. The number of unbranched alkanes of at least 4 members (excludes halogenated alkanes) is 1. The van der Waals surface area contributed by atoms with Crippen LogP contribution in [0.4, 0.5) is 13.2 Å². The van der Waals surface area contributed by atoms with Crippen molar-refractivity contribution in [3.05, 3.63) is 0 Å². The smallest absolute Gasteiger partial charge is 0.355 e. The molecule has 1 saturated carbocycles. The average molecular weight is 280 g/mol. The first-order valence-electron chi connectivity index (χ1n) is 6.87. The predicted octanol–water partition coefficient (Wildman–Crippen LogP) is 2.74. The quantitative estimate of drug-likeness (QED) is 0.761. The molecule has 0 aliphatic heterocycles. The fraction of sp³-hybridized carbons (Fsp3) is 0.923. The monoisotopic (exact) mass is 280 g/mol. The molecule has 0 heterocycles. The van der Waals surface area contributed by atoms with Crippen LogP contribution < -0.4 is 11.1 Å². The first-order valence-corrected chi connectivity index (χ1v) is 6.87. The second-order valence-corrected chi connectivity index (χ2v) is 5.69. The molecule has 1 rings (SSSR count). The number of nitrogens with two attached hydrogens (primary N) is 1. The minimum absolute atomic E-state index is 0.0394. The van der Waals surface area contributed by atoms with E-state index in [2.05, 4.69) is 12.2 Å². The number of halogens is 3. The summed E-state index contributed by atoms with van der Waals surface area (Å²) in [5, 5.41) is 2.67. The van der Waals surface area contributed by atoms with Gasteiger partial charge >= 0.3 is 6.18 Å². The molecule has 3 N–H and O–H groups in total. The summed E-state index contributed by atoms with van der Waals surface area (Å²) >= 11 is 0. The number of alkyl halides is 3. The van der Waals surface area contributed by atoms with E-state index in [0.717, 1.165) is 12.8 Å². The molecule has 1 aliphatic rings. The molecule has 0 aromatic carbocycles. The third kappa shape index (κ3) is 5.80. The molecular weight excluding hydrogens is 257 g/mol. The standard InChI is InChI=1S/C13H23F3N2O/c1-10-5-4-6-12(17,9-10)11(19)18-8-3-2-7-13(14,15)16/h10H,2-9,17H2,1H3,(H,18,19). The molecule has 0 aromatic rings. The van der Waals surface area contributed by atoms with E-state index < -0.39 is 18.1 Å². The van der Waals surface area contributed by atoms with E-state index in [4.69, 9.17) is 5.73 Å². The lowest BCUT2D eigenvalue weighted by molar-refractivity contribution is -0.135. The van der Waals surface area contributed by atoms with E-state index in [9.17, 15) is 18.0 Å². The van der Waals surface area contributed by atoms with E-state index in [1.165, 1.54) is 0 Å². The maximum absolute atomic E-state index is 12.0. The molecule has 6 heteroatoms. The third-order valence-electron chi connectivity index (χ3n) is 3.66. The molecule has 0 spiro atoms. The molecule has 1 amide bonds. The number of amides is 1. The minimum atomic E-state index is -4.11. The van der Waals surface area contributed by atoms with Gasteiger partial charge in [-0.15, -0.1) is 0 Å². The topological polar surface area (TPSA) is 55.1 Å². The van der Waals surface area contributed by atoms with Crippen molar-refractivity contribution in [1.29, 1.82) is 0 Å². The van der Waals surface area contributed by atoms with Crippen molar-refractivity contribution in [2.75, 3.05) is 6.54 Å². The Balaban J connectivity index is 2.23. The zero-order chi connectivity index (χ0) is 14.5. The highest BCUT2D eigenvalue weighted by Gasteiger charge is 2.37. The first kappa shape index (κ1) is 16.3. The summed E-state index contributed by atoms with van der Waals surface area (Å²) in [6.45, 7) is 2.33. The number of hydrogen-bond donors (Lipinski definition) is 2. The summed E-state index contributed by atoms with van der Waals surface area (Å²) in [6, 6.07) is 0. The Morgan fingerprint density at radius 2 is 2.11 bits per heavy atom. The van der Waals surface area contributed by atoms with Crippen LogP contribution in [0.25, 0.3) is 0 Å². The molecule has 2 atom stereocenters. The van der Waals surface area contributed by atoms with E-state index >= 15 is 0 Å². The molecule has 0 saturated heterocycles. The van der Waals surface area contributed by atoms with Crippen LogP contribution in [0.5, 0.6) is 0 Å². The van der Waals surface area contributed by atoms with Crippen LogP contribution in [-0.4, -0.2) is 24.2 Å². The van der Waals surface area contributed by atoms with Crippen LogP contribution in [0.2, 0.25) is 0 Å². The van der Waals surface area contributed by atoms with Gasteiger partial charge in [-0.05, 0) is 31.6 Å². The molecule has 1 fully saturated rings. The van der Waals surface area contributed by atoms with E-state index in [-0.39, 0.29) is 18.9 Å². The summed E-state index contributed by atoms with van der Waals surface area (Å²) in [7, 11) is 0. The fourth-order valence-corrected chi connectivity index (χ4v) is 2.63. The van der Waals surface area contributed by atoms with Gasteiger partial charge in [0.25, 0.3) is 0 Å². The van der Waals surface area contributed by atoms with Gasteiger partial charge in [-0.3, -0.25) is 4.79 Å². The molecule has 3 nitrogen and oxygen atoms in total. The summed E-state index contributed by atoms with van der Waals surface area (Å²) in [5.74, 6) is 0.209. The van der Waals surface area contributed by atoms with Crippen LogP contribution >= 0.6 is 0 Å². The Labute approximate surface area is 112 Å². The summed E-state index contributed by atoms with van der Waals surface area (Å²) in [4.78, 5) is 12.0. The van der Waals surface area contributed by atoms with Gasteiger partial charge in [0, 0.05) is 13.0 Å². The Kier molecular flexibility index (Phi) is 5.64. The van der Waals surface area contributed by atoms with Gasteiger partial charge in [0.15, 0.2) is 0 Å². The Morgan fingerprint density at radius 1 is 1.42 bits per heavy atom. The number of carbonyl (C=O) groups is 1. The van der Waals surface area contributed by atoms with E-state index in [1.807, 2.05) is 0 Å². The largest absolute Gasteiger partial charge is 0.389 e. The Hall–Kier alpha value is -0.780. The lowest BCUT2D eigenvalue weighted by atomic mass is 9.76. The van der Waals surface area contributed by atoms with Gasteiger partial charge in [-0.25, -0.2) is 0 Å². The van der Waals surface area contributed by atoms with Gasteiger partial charge < -0.3 is 11.1 Å². The molecular formula is C13H23F3N2O. The van der Waals surface area contributed by atoms with E-state index in [1.54, 1.807) is 0 Å². The van der Waals surface area contributed by atoms with Crippen LogP contribution in [0.1, 0.15) is 51.9 Å². The zero-order valence-corrected chi connectivity index (χ0v) is 11.4. The second-order valence-electron chi connectivity index (χ2n) is 5.69. The number of carbonyl (C=O) groups excluding carboxylic acids is 1. The van der Waals surface area contributed by atoms with Crippen LogP contribution in [0.15, 0.2) is 0 Å². The van der Waals surface area contributed by atoms with Crippen molar-refractivity contribution in [3.63, 3.8) is 0 Å². The maximum Gasteiger partial charge on any atom is 0.389 e. The van der Waals surface area contributed by atoms with Crippen molar-refractivity contribution in [3.8, 4) is 0 Å². The summed E-state index contributed by atoms with van der Waals surface area (Å²) in [6.07, 6.45) is -1.22. The molecule has 0 aromatic heterocycles. The molecule has 1 aliphatic carbocycles. The minimum Gasteiger partial charge on any atom is -0.355 e. The van der Waals surface area contributed by atoms with Gasteiger partial charge in [0.2, 0.25) is 5.91 Å². The molecule has 112 valence electrons. The molecule has 0 radical (unpaired) electrons. The normalized spacial score (nSPS) is 28.2. The number of hydrogen-bond acceptors (Lipinski definition) is 2. The lowest BCUT2D eigenvalue weighted by Crippen LogP contribution is -2.56. The highest BCUT2D eigenvalue weighted by Crippen LogP contribution is 2.30. The third-order valence-corrected chi connectivity index (χ3v) is 3.66. The van der Waals surface area contributed by atoms with Crippen molar-refractivity contribution in [2.24, 2.45) is 11.7 Å². The van der Waals surface area contributed by atoms with Crippen molar-refractivity contribution in [2.45, 2.75) is 63.6 Å². The van der Waals surface area contributed by atoms with E-state index in [0.29, 0.717) is 25.2 Å². The second kappa shape index (κ2) is 6.59. The number of nitrogens with one attached hydrogen (secondary N) is 1. The number of rotatable bonds is 5. The van der Waals surface area contributed by atoms with Crippen molar-refractivity contribution in [1.82, 2.24) is 5.32 Å². The van der Waals surface area contributed by atoms with Crippen molar-refractivity contribution < 1.29 is 18.0 Å². The molecule has 19 heavy (non-hydrogen) atoms. The fourth-order valence-electron chi connectivity index (χ4n) is 2.63. The summed E-state index contributed by atoms with van der Waals surface area (Å²) < 4.78 is 35.8. The molecule has 2 unspecified atom stereocenters. The highest BCUT2D eigenvalue weighted by atomic mass is 19.4. The predicted molar refractivity (Wildman–Crippen MR) is 67.5 cm³/mol. The van der Waals surface area contributed by atoms with Gasteiger partial charge in [0.1, 0.15) is 0 Å². The average Bonchev–Trinajstić information content (AvgIpc) is 2.26. The van der Waals surface area contributed by atoms with Crippen LogP contribution in [0, 0.1) is 5.92 Å². The summed E-state index contributed by atoms with van der Waals surface area (Å²) in [5.41, 5.74) is 5.25. The van der Waals surface area contributed by atoms with Crippen LogP contribution in [-0.2, 0) is 4.79 Å². The van der Waals surface area contributed by atoms with Crippen molar-refractivity contribution >= 4 is 5.91 Å². The van der Waals surface area contributed by atoms with Gasteiger partial charge in [-0.1, -0.05) is 19.8 Å². The maximum atomic E-state index is 12.0. The Bertz CT molecular complexity index is 307. The van der Waals surface area contributed by atoms with Gasteiger partial charge in [-0.2, -0.15) is 13.2 Å².